The van der Waals surface area contributed by atoms with Crippen molar-refractivity contribution in [1.82, 2.24) is 19.7 Å². The normalized spacial score (nSPS) is 10.9. The Hall–Kier alpha value is -3.25. The molecule has 0 spiro atoms. The summed E-state index contributed by atoms with van der Waals surface area (Å²) in [6.45, 7) is 5.31. The molecule has 0 radical (unpaired) electrons. The standard InChI is InChI=1S/C23H21ClFN5/c1-3-30-14-19(13-27-30)17-6-4-5-16(9-17)12-26-23-11-22(28-15(2)29-23)18-7-8-20(24)21(25)10-18/h4-11,13-14H,3,12H2,1-2H3,(H,26,28,29). The Labute approximate surface area is 179 Å². The van der Waals surface area contributed by atoms with Crippen LogP contribution >= 0.6 is 11.6 Å². The highest BCUT2D eigenvalue weighted by atomic mass is 35.5. The molecule has 0 atom stereocenters. The summed E-state index contributed by atoms with van der Waals surface area (Å²) in [4.78, 5) is 8.88. The van der Waals surface area contributed by atoms with Crippen molar-refractivity contribution in [1.29, 1.82) is 0 Å². The highest BCUT2D eigenvalue weighted by Gasteiger charge is 2.08. The maximum absolute atomic E-state index is 13.8. The van der Waals surface area contributed by atoms with Gasteiger partial charge in [-0.3, -0.25) is 4.68 Å². The van der Waals surface area contributed by atoms with Crippen molar-refractivity contribution in [3.05, 3.63) is 83.2 Å². The summed E-state index contributed by atoms with van der Waals surface area (Å²) >= 11 is 5.79. The van der Waals surface area contributed by atoms with Crippen molar-refractivity contribution in [3.63, 3.8) is 0 Å². The van der Waals surface area contributed by atoms with Gasteiger partial charge in [-0.15, -0.1) is 0 Å². The third-order valence-electron chi connectivity index (χ3n) is 4.74. The van der Waals surface area contributed by atoms with Crippen molar-refractivity contribution in [2.75, 3.05) is 5.32 Å². The molecule has 0 unspecified atom stereocenters. The van der Waals surface area contributed by atoms with E-state index in [9.17, 15) is 4.39 Å². The summed E-state index contributed by atoms with van der Waals surface area (Å²) in [5, 5.41) is 7.77. The number of nitrogens with one attached hydrogen (secondary N) is 1. The fourth-order valence-electron chi connectivity index (χ4n) is 3.20. The first-order valence-electron chi connectivity index (χ1n) is 9.68. The molecule has 152 valence electrons. The van der Waals surface area contributed by atoms with Gasteiger partial charge in [0.1, 0.15) is 17.5 Å². The van der Waals surface area contributed by atoms with Crippen LogP contribution in [0.5, 0.6) is 0 Å². The van der Waals surface area contributed by atoms with Crippen LogP contribution in [0, 0.1) is 12.7 Å². The summed E-state index contributed by atoms with van der Waals surface area (Å²) in [6.07, 6.45) is 3.92. The number of benzene rings is 2. The number of rotatable bonds is 6. The van der Waals surface area contributed by atoms with Crippen LogP contribution in [0.15, 0.2) is 60.9 Å². The molecule has 0 bridgehead atoms. The Balaban J connectivity index is 1.53. The fourth-order valence-corrected chi connectivity index (χ4v) is 3.32. The molecule has 2 aromatic carbocycles. The average Bonchev–Trinajstić information content (AvgIpc) is 3.23. The molecular formula is C23H21ClFN5. The van der Waals surface area contributed by atoms with Gasteiger partial charge in [0, 0.05) is 36.5 Å². The van der Waals surface area contributed by atoms with Gasteiger partial charge in [-0.1, -0.05) is 35.9 Å². The van der Waals surface area contributed by atoms with Crippen LogP contribution < -0.4 is 5.32 Å². The molecule has 0 aliphatic rings. The molecule has 4 rings (SSSR count). The van der Waals surface area contributed by atoms with E-state index in [0.717, 1.165) is 23.2 Å². The summed E-state index contributed by atoms with van der Waals surface area (Å²) in [5.74, 6) is 0.811. The average molecular weight is 422 g/mol. The first-order valence-corrected chi connectivity index (χ1v) is 10.1. The molecule has 2 heterocycles. The topological polar surface area (TPSA) is 55.6 Å². The summed E-state index contributed by atoms with van der Waals surface area (Å²) in [6, 6.07) is 14.8. The van der Waals surface area contributed by atoms with E-state index in [0.29, 0.717) is 29.4 Å². The van der Waals surface area contributed by atoms with E-state index >= 15 is 0 Å². The van der Waals surface area contributed by atoms with E-state index in [1.165, 1.54) is 12.1 Å². The second kappa shape index (κ2) is 8.63. The zero-order valence-electron chi connectivity index (χ0n) is 16.7. The molecular weight excluding hydrogens is 401 g/mol. The molecule has 4 aromatic rings. The van der Waals surface area contributed by atoms with Crippen molar-refractivity contribution in [2.24, 2.45) is 0 Å². The fraction of sp³-hybridized carbons (Fsp3) is 0.174. The van der Waals surface area contributed by atoms with Crippen LogP contribution in [0.3, 0.4) is 0 Å². The van der Waals surface area contributed by atoms with Crippen LogP contribution in [-0.4, -0.2) is 19.7 Å². The van der Waals surface area contributed by atoms with Crippen molar-refractivity contribution in [3.8, 4) is 22.4 Å². The molecule has 0 aliphatic carbocycles. The number of halogens is 2. The SMILES string of the molecule is CCn1cc(-c2cccc(CNc3cc(-c4ccc(Cl)c(F)c4)nc(C)n3)c2)cn1. The van der Waals surface area contributed by atoms with Crippen LogP contribution in [-0.2, 0) is 13.1 Å². The Morgan fingerprint density at radius 1 is 1.03 bits per heavy atom. The summed E-state index contributed by atoms with van der Waals surface area (Å²) < 4.78 is 15.7. The highest BCUT2D eigenvalue weighted by molar-refractivity contribution is 6.30. The van der Waals surface area contributed by atoms with Gasteiger partial charge >= 0.3 is 0 Å². The van der Waals surface area contributed by atoms with Gasteiger partial charge in [0.2, 0.25) is 0 Å². The molecule has 1 N–H and O–H groups in total. The lowest BCUT2D eigenvalue weighted by Crippen LogP contribution is -2.04. The van der Waals surface area contributed by atoms with Crippen molar-refractivity contribution >= 4 is 17.4 Å². The minimum absolute atomic E-state index is 0.0900. The van der Waals surface area contributed by atoms with E-state index in [-0.39, 0.29) is 5.02 Å². The third-order valence-corrected chi connectivity index (χ3v) is 5.05. The molecule has 0 fully saturated rings. The van der Waals surface area contributed by atoms with Crippen molar-refractivity contribution in [2.45, 2.75) is 26.9 Å². The number of aryl methyl sites for hydroxylation is 2. The van der Waals surface area contributed by atoms with E-state index in [1.54, 1.807) is 6.07 Å². The minimum atomic E-state index is -0.469. The number of hydrogen-bond donors (Lipinski definition) is 1. The van der Waals surface area contributed by atoms with E-state index in [1.807, 2.05) is 36.1 Å². The summed E-state index contributed by atoms with van der Waals surface area (Å²) in [5.41, 5.74) is 4.61. The van der Waals surface area contributed by atoms with Gasteiger partial charge in [0.15, 0.2) is 0 Å². The zero-order chi connectivity index (χ0) is 21.1. The maximum Gasteiger partial charge on any atom is 0.142 e. The number of aromatic nitrogens is 4. The Morgan fingerprint density at radius 2 is 1.90 bits per heavy atom. The van der Waals surface area contributed by atoms with Crippen molar-refractivity contribution < 1.29 is 4.39 Å². The molecule has 5 nitrogen and oxygen atoms in total. The van der Waals surface area contributed by atoms with Gasteiger partial charge in [-0.2, -0.15) is 5.10 Å². The van der Waals surface area contributed by atoms with Gasteiger partial charge in [-0.05, 0) is 43.2 Å². The number of anilines is 1. The summed E-state index contributed by atoms with van der Waals surface area (Å²) in [7, 11) is 0. The number of hydrogen-bond acceptors (Lipinski definition) is 4. The third kappa shape index (κ3) is 4.49. The lowest BCUT2D eigenvalue weighted by Gasteiger charge is -2.10. The molecule has 7 heteroatoms. The Kier molecular flexibility index (Phi) is 5.77. The smallest absolute Gasteiger partial charge is 0.142 e. The van der Waals surface area contributed by atoms with E-state index in [4.69, 9.17) is 11.6 Å². The van der Waals surface area contributed by atoms with Gasteiger partial charge in [0.05, 0.1) is 16.9 Å². The first-order chi connectivity index (χ1) is 14.5. The van der Waals surface area contributed by atoms with Crippen LogP contribution in [0.4, 0.5) is 10.2 Å². The van der Waals surface area contributed by atoms with Gasteiger partial charge in [-0.25, -0.2) is 14.4 Å². The first kappa shape index (κ1) is 20.0. The predicted octanol–water partition coefficient (Wildman–Crippen LogP) is 5.74. The Morgan fingerprint density at radius 3 is 2.67 bits per heavy atom. The van der Waals surface area contributed by atoms with Crippen LogP contribution in [0.1, 0.15) is 18.3 Å². The lowest BCUT2D eigenvalue weighted by atomic mass is 10.1. The molecule has 2 aromatic heterocycles. The minimum Gasteiger partial charge on any atom is -0.366 e. The van der Waals surface area contributed by atoms with Crippen LogP contribution in [0.25, 0.3) is 22.4 Å². The Bertz CT molecular complexity index is 1190. The van der Waals surface area contributed by atoms with Crippen LogP contribution in [0.2, 0.25) is 5.02 Å². The lowest BCUT2D eigenvalue weighted by molar-refractivity contribution is 0.628. The maximum atomic E-state index is 13.8. The molecule has 0 aliphatic heterocycles. The van der Waals surface area contributed by atoms with E-state index in [2.05, 4.69) is 45.5 Å². The quantitative estimate of drug-likeness (QED) is 0.431. The largest absolute Gasteiger partial charge is 0.366 e. The molecule has 0 amide bonds. The number of nitrogens with zero attached hydrogens (tertiary/aromatic N) is 4. The van der Waals surface area contributed by atoms with E-state index < -0.39 is 5.82 Å². The second-order valence-electron chi connectivity index (χ2n) is 6.95. The monoisotopic (exact) mass is 421 g/mol. The predicted molar refractivity (Wildman–Crippen MR) is 118 cm³/mol. The molecule has 0 saturated heterocycles. The molecule has 0 saturated carbocycles. The highest BCUT2D eigenvalue weighted by Crippen LogP contribution is 2.25. The van der Waals surface area contributed by atoms with Gasteiger partial charge < -0.3 is 5.32 Å². The van der Waals surface area contributed by atoms with Gasteiger partial charge in [0.25, 0.3) is 0 Å². The molecule has 30 heavy (non-hydrogen) atoms. The zero-order valence-corrected chi connectivity index (χ0v) is 17.5. The second-order valence-corrected chi connectivity index (χ2v) is 7.36.